The molecular formula is C20H21N3O3S. The highest BCUT2D eigenvalue weighted by molar-refractivity contribution is 7.92. The van der Waals surface area contributed by atoms with Gasteiger partial charge in [-0.1, -0.05) is 30.3 Å². The van der Waals surface area contributed by atoms with Crippen molar-refractivity contribution in [3.8, 4) is 0 Å². The van der Waals surface area contributed by atoms with Gasteiger partial charge in [-0.3, -0.25) is 14.1 Å². The minimum absolute atomic E-state index is 0.313. The molecule has 0 spiro atoms. The maximum absolute atomic E-state index is 12.6. The molecular weight excluding hydrogens is 362 g/mol. The van der Waals surface area contributed by atoms with Gasteiger partial charge in [0.05, 0.1) is 23.1 Å². The zero-order chi connectivity index (χ0) is 19.6. The van der Waals surface area contributed by atoms with Crippen LogP contribution in [-0.4, -0.2) is 32.1 Å². The number of anilines is 2. The molecule has 0 saturated heterocycles. The molecule has 3 rings (SSSR count). The third kappa shape index (κ3) is 4.09. The normalized spacial score (nSPS) is 11.4. The molecule has 0 saturated carbocycles. The number of aromatic nitrogens is 1. The van der Waals surface area contributed by atoms with Crippen LogP contribution in [0.1, 0.15) is 11.1 Å². The van der Waals surface area contributed by atoms with E-state index in [1.54, 1.807) is 24.4 Å². The molecule has 0 radical (unpaired) electrons. The van der Waals surface area contributed by atoms with Gasteiger partial charge in [0.1, 0.15) is 6.54 Å². The van der Waals surface area contributed by atoms with E-state index in [2.05, 4.69) is 10.3 Å². The van der Waals surface area contributed by atoms with Crippen molar-refractivity contribution >= 4 is 38.2 Å². The molecule has 1 heterocycles. The lowest BCUT2D eigenvalue weighted by Gasteiger charge is -2.24. The number of carbonyl (C=O) groups excluding carboxylic acids is 1. The van der Waals surface area contributed by atoms with E-state index in [1.807, 2.05) is 44.2 Å². The van der Waals surface area contributed by atoms with Crippen molar-refractivity contribution in [1.29, 1.82) is 0 Å². The zero-order valence-corrected chi connectivity index (χ0v) is 16.2. The van der Waals surface area contributed by atoms with E-state index in [4.69, 9.17) is 0 Å². The molecule has 3 aromatic rings. The Bertz CT molecular complexity index is 1110. The number of aryl methyl sites for hydroxylation is 1. The minimum atomic E-state index is -3.63. The van der Waals surface area contributed by atoms with Gasteiger partial charge in [-0.05, 0) is 43.2 Å². The van der Waals surface area contributed by atoms with Gasteiger partial charge in [0.2, 0.25) is 15.9 Å². The number of amides is 1. The van der Waals surface area contributed by atoms with Crippen molar-refractivity contribution in [3.05, 3.63) is 65.9 Å². The molecule has 7 heteroatoms. The molecule has 1 amide bonds. The van der Waals surface area contributed by atoms with Crippen LogP contribution >= 0.6 is 0 Å². The fourth-order valence-corrected chi connectivity index (χ4v) is 3.82. The summed E-state index contributed by atoms with van der Waals surface area (Å²) < 4.78 is 25.8. The second kappa shape index (κ2) is 7.36. The fraction of sp³-hybridized carbons (Fsp3) is 0.200. The molecule has 1 aromatic heterocycles. The van der Waals surface area contributed by atoms with E-state index in [1.165, 1.54) is 0 Å². The van der Waals surface area contributed by atoms with Gasteiger partial charge >= 0.3 is 0 Å². The number of sulfonamides is 1. The van der Waals surface area contributed by atoms with Gasteiger partial charge in [0, 0.05) is 11.6 Å². The molecule has 0 atom stereocenters. The Morgan fingerprint density at radius 1 is 1.07 bits per heavy atom. The Balaban J connectivity index is 1.90. The number of benzene rings is 2. The van der Waals surface area contributed by atoms with E-state index in [9.17, 15) is 13.2 Å². The molecule has 0 aliphatic rings. The number of nitrogens with zero attached hydrogens (tertiary/aromatic N) is 2. The van der Waals surface area contributed by atoms with Crippen LogP contribution in [0.25, 0.3) is 10.9 Å². The SMILES string of the molecule is Cc1cccc(N(CC(=O)Nc2cccc3cccnc23)S(C)(=O)=O)c1C. The van der Waals surface area contributed by atoms with Crippen molar-refractivity contribution in [3.63, 3.8) is 0 Å². The first-order valence-electron chi connectivity index (χ1n) is 8.45. The molecule has 27 heavy (non-hydrogen) atoms. The highest BCUT2D eigenvalue weighted by Crippen LogP contribution is 2.25. The molecule has 2 aromatic carbocycles. The van der Waals surface area contributed by atoms with E-state index in [0.717, 1.165) is 27.1 Å². The smallest absolute Gasteiger partial charge is 0.245 e. The van der Waals surface area contributed by atoms with E-state index in [-0.39, 0.29) is 6.54 Å². The summed E-state index contributed by atoms with van der Waals surface area (Å²) in [5, 5.41) is 3.68. The molecule has 0 fully saturated rings. The lowest BCUT2D eigenvalue weighted by molar-refractivity contribution is -0.114. The van der Waals surface area contributed by atoms with Crippen LogP contribution in [0.5, 0.6) is 0 Å². The molecule has 1 N–H and O–H groups in total. The molecule has 0 aliphatic heterocycles. The third-order valence-corrected chi connectivity index (χ3v) is 5.57. The molecule has 0 bridgehead atoms. The lowest BCUT2D eigenvalue weighted by Crippen LogP contribution is -2.38. The summed E-state index contributed by atoms with van der Waals surface area (Å²) in [5.74, 6) is -0.431. The second-order valence-electron chi connectivity index (χ2n) is 6.42. The third-order valence-electron chi connectivity index (χ3n) is 4.44. The summed E-state index contributed by atoms with van der Waals surface area (Å²) in [7, 11) is -3.63. The number of carbonyl (C=O) groups is 1. The number of fused-ring (bicyclic) bond motifs is 1. The van der Waals surface area contributed by atoms with Crippen molar-refractivity contribution in [1.82, 2.24) is 4.98 Å². The predicted octanol–water partition coefficient (Wildman–Crippen LogP) is 3.26. The first-order chi connectivity index (χ1) is 12.8. The Hall–Kier alpha value is -2.93. The monoisotopic (exact) mass is 383 g/mol. The number of pyridine rings is 1. The van der Waals surface area contributed by atoms with Crippen LogP contribution in [0.15, 0.2) is 54.7 Å². The average Bonchev–Trinajstić information content (AvgIpc) is 2.62. The minimum Gasteiger partial charge on any atom is -0.323 e. The molecule has 140 valence electrons. The number of nitrogens with one attached hydrogen (secondary N) is 1. The van der Waals surface area contributed by atoms with Gasteiger partial charge in [0.15, 0.2) is 0 Å². The van der Waals surface area contributed by atoms with Crippen molar-refractivity contribution in [2.24, 2.45) is 0 Å². The molecule has 0 aliphatic carbocycles. The summed E-state index contributed by atoms with van der Waals surface area (Å²) in [6.45, 7) is 3.43. The summed E-state index contributed by atoms with van der Waals surface area (Å²) in [6.07, 6.45) is 2.75. The Morgan fingerprint density at radius 2 is 1.78 bits per heavy atom. The number of hydrogen-bond donors (Lipinski definition) is 1. The topological polar surface area (TPSA) is 79.4 Å². The largest absolute Gasteiger partial charge is 0.323 e. The summed E-state index contributed by atoms with van der Waals surface area (Å²) in [5.41, 5.74) is 3.49. The fourth-order valence-electron chi connectivity index (χ4n) is 2.91. The standard InChI is InChI=1S/C20H21N3O3S/c1-14-7-4-11-18(15(14)2)23(27(3,25)26)13-19(24)22-17-10-5-8-16-9-6-12-21-20(16)17/h4-12H,13H2,1-3H3,(H,22,24). The first kappa shape index (κ1) is 18.8. The van der Waals surface area contributed by atoms with E-state index < -0.39 is 15.9 Å². The maximum atomic E-state index is 12.6. The van der Waals surface area contributed by atoms with Gasteiger partial charge < -0.3 is 5.32 Å². The zero-order valence-electron chi connectivity index (χ0n) is 15.4. The Labute approximate surface area is 158 Å². The highest BCUT2D eigenvalue weighted by Gasteiger charge is 2.23. The summed E-state index contributed by atoms with van der Waals surface area (Å²) in [6, 6.07) is 14.6. The Kier molecular flexibility index (Phi) is 5.14. The van der Waals surface area contributed by atoms with Crippen LogP contribution in [0, 0.1) is 13.8 Å². The van der Waals surface area contributed by atoms with Gasteiger partial charge in [0.25, 0.3) is 0 Å². The molecule has 6 nitrogen and oxygen atoms in total. The Morgan fingerprint density at radius 3 is 2.52 bits per heavy atom. The lowest BCUT2D eigenvalue weighted by atomic mass is 10.1. The van der Waals surface area contributed by atoms with Crippen LogP contribution in [0.2, 0.25) is 0 Å². The van der Waals surface area contributed by atoms with Gasteiger partial charge in [-0.2, -0.15) is 0 Å². The van der Waals surface area contributed by atoms with Crippen LogP contribution in [0.4, 0.5) is 11.4 Å². The maximum Gasteiger partial charge on any atom is 0.245 e. The van der Waals surface area contributed by atoms with Crippen molar-refractivity contribution in [2.45, 2.75) is 13.8 Å². The predicted molar refractivity (Wildman–Crippen MR) is 108 cm³/mol. The van der Waals surface area contributed by atoms with E-state index >= 15 is 0 Å². The van der Waals surface area contributed by atoms with Crippen molar-refractivity contribution < 1.29 is 13.2 Å². The number of hydrogen-bond acceptors (Lipinski definition) is 4. The average molecular weight is 383 g/mol. The highest BCUT2D eigenvalue weighted by atomic mass is 32.2. The number of rotatable bonds is 5. The number of para-hydroxylation sites is 1. The van der Waals surface area contributed by atoms with Gasteiger partial charge in [-0.25, -0.2) is 8.42 Å². The molecule has 0 unspecified atom stereocenters. The summed E-state index contributed by atoms with van der Waals surface area (Å²) in [4.78, 5) is 16.9. The first-order valence-corrected chi connectivity index (χ1v) is 10.3. The van der Waals surface area contributed by atoms with Gasteiger partial charge in [-0.15, -0.1) is 0 Å². The van der Waals surface area contributed by atoms with Crippen molar-refractivity contribution in [2.75, 3.05) is 22.4 Å². The van der Waals surface area contributed by atoms with Crippen LogP contribution in [0.3, 0.4) is 0 Å². The summed E-state index contributed by atoms with van der Waals surface area (Å²) >= 11 is 0. The van der Waals surface area contributed by atoms with Crippen LogP contribution in [-0.2, 0) is 14.8 Å². The van der Waals surface area contributed by atoms with Crippen LogP contribution < -0.4 is 9.62 Å². The van der Waals surface area contributed by atoms with E-state index in [0.29, 0.717) is 16.9 Å². The quantitative estimate of drug-likeness (QED) is 0.733. The second-order valence-corrected chi connectivity index (χ2v) is 8.32.